The van der Waals surface area contributed by atoms with Gasteiger partial charge in [0.25, 0.3) is 11.7 Å². The zero-order chi connectivity index (χ0) is 19.7. The summed E-state index contributed by atoms with van der Waals surface area (Å²) in [5.41, 5.74) is 3.20. The molecule has 0 spiro atoms. The number of halogens is 1. The van der Waals surface area contributed by atoms with E-state index in [0.29, 0.717) is 18.7 Å². The van der Waals surface area contributed by atoms with Crippen molar-refractivity contribution in [2.24, 2.45) is 0 Å². The van der Waals surface area contributed by atoms with Gasteiger partial charge in [-0.15, -0.1) is 0 Å². The first kappa shape index (κ1) is 19.1. The normalized spacial score (nSPS) is 17.5. The van der Waals surface area contributed by atoms with Gasteiger partial charge in [-0.25, -0.2) is 0 Å². The van der Waals surface area contributed by atoms with E-state index in [2.05, 4.69) is 4.98 Å². The minimum absolute atomic E-state index is 0.233. The fraction of sp³-hybridized carbons (Fsp3) is 0.273. The summed E-state index contributed by atoms with van der Waals surface area (Å²) in [5.74, 6) is -0.0775. The lowest BCUT2D eigenvalue weighted by Gasteiger charge is -2.20. The first-order valence-corrected chi connectivity index (χ1v) is 10.8. The van der Waals surface area contributed by atoms with Crippen LogP contribution >= 0.6 is 23.4 Å². The lowest BCUT2D eigenvalue weighted by Crippen LogP contribution is -2.38. The molecule has 0 bridgehead atoms. The van der Waals surface area contributed by atoms with Crippen LogP contribution in [0.5, 0.6) is 0 Å². The molecule has 0 radical (unpaired) electrons. The largest absolute Gasteiger partial charge is 0.358 e. The summed E-state index contributed by atoms with van der Waals surface area (Å²) in [7, 11) is 0. The number of Topliss-reactive ketones (excluding diaryl/α,β-unsaturated/α-hetero) is 1. The fourth-order valence-electron chi connectivity index (χ4n) is 3.78. The summed E-state index contributed by atoms with van der Waals surface area (Å²) in [6.45, 7) is 2.96. The number of carbonyl (C=O) groups excluding carboxylic acids is 2. The molecular weight excluding hydrogens is 392 g/mol. The van der Waals surface area contributed by atoms with Crippen LogP contribution in [0.1, 0.15) is 33.3 Å². The van der Waals surface area contributed by atoms with Gasteiger partial charge in [-0.1, -0.05) is 48.0 Å². The van der Waals surface area contributed by atoms with Crippen LogP contribution < -0.4 is 0 Å². The van der Waals surface area contributed by atoms with Gasteiger partial charge in [-0.05, 0) is 31.0 Å². The Bertz CT molecular complexity index is 1050. The van der Waals surface area contributed by atoms with E-state index in [1.807, 2.05) is 55.5 Å². The minimum atomic E-state index is -0.434. The molecular formula is C22H21ClN2O2S. The third-order valence-corrected chi connectivity index (χ3v) is 6.85. The van der Waals surface area contributed by atoms with Crippen molar-refractivity contribution in [3.05, 3.63) is 70.4 Å². The molecule has 1 fully saturated rings. The number of hydrogen-bond acceptors (Lipinski definition) is 3. The van der Waals surface area contributed by atoms with Gasteiger partial charge in [0, 0.05) is 45.7 Å². The molecule has 1 atom stereocenters. The maximum Gasteiger partial charge on any atom is 0.295 e. The number of rotatable bonds is 3. The molecule has 1 aliphatic heterocycles. The van der Waals surface area contributed by atoms with Crippen molar-refractivity contribution in [3.63, 3.8) is 0 Å². The molecule has 2 heterocycles. The van der Waals surface area contributed by atoms with Crippen LogP contribution in [0.25, 0.3) is 10.9 Å². The summed E-state index contributed by atoms with van der Waals surface area (Å²) in [4.78, 5) is 30.9. The number of hydrogen-bond donors (Lipinski definition) is 1. The fourth-order valence-corrected chi connectivity index (χ4v) is 5.38. The Labute approximate surface area is 173 Å². The average molecular weight is 413 g/mol. The average Bonchev–Trinajstić information content (AvgIpc) is 2.87. The third kappa shape index (κ3) is 3.56. The SMILES string of the molecule is Cc1[nH]c2ccccc2c1C(=O)C(=O)N1CCSC(c2ccccc2Cl)CC1. The van der Waals surface area contributed by atoms with Crippen molar-refractivity contribution in [2.45, 2.75) is 18.6 Å². The molecule has 3 aromatic rings. The molecule has 1 saturated heterocycles. The number of benzene rings is 2. The van der Waals surface area contributed by atoms with Gasteiger partial charge >= 0.3 is 0 Å². The predicted molar refractivity (Wildman–Crippen MR) is 115 cm³/mol. The van der Waals surface area contributed by atoms with Gasteiger partial charge in [0.05, 0.1) is 5.56 Å². The standard InChI is InChI=1S/C22H21ClN2O2S/c1-14-20(16-7-3-5-9-18(16)24-14)21(26)22(27)25-11-10-19(28-13-12-25)15-6-2-4-8-17(15)23/h2-9,19,24H,10-13H2,1H3. The second-order valence-electron chi connectivity index (χ2n) is 6.96. The Morgan fingerprint density at radius 2 is 1.86 bits per heavy atom. The summed E-state index contributed by atoms with van der Waals surface area (Å²) in [6, 6.07) is 15.4. The van der Waals surface area contributed by atoms with Crippen molar-refractivity contribution in [1.29, 1.82) is 0 Å². The molecule has 4 nitrogen and oxygen atoms in total. The number of nitrogens with one attached hydrogen (secondary N) is 1. The van der Waals surface area contributed by atoms with E-state index >= 15 is 0 Å². The van der Waals surface area contributed by atoms with Crippen LogP contribution in [0.2, 0.25) is 5.02 Å². The summed E-state index contributed by atoms with van der Waals surface area (Å²) < 4.78 is 0. The highest BCUT2D eigenvalue weighted by Gasteiger charge is 2.29. The maximum atomic E-state index is 13.0. The Hall–Kier alpha value is -2.24. The summed E-state index contributed by atoms with van der Waals surface area (Å²) in [5, 5.41) is 1.79. The number of aromatic amines is 1. The van der Waals surface area contributed by atoms with E-state index in [1.165, 1.54) is 0 Å². The molecule has 4 rings (SSSR count). The first-order valence-electron chi connectivity index (χ1n) is 9.33. The van der Waals surface area contributed by atoms with E-state index < -0.39 is 11.7 Å². The molecule has 0 aliphatic carbocycles. The number of thioether (sulfide) groups is 1. The van der Waals surface area contributed by atoms with E-state index in [4.69, 9.17) is 11.6 Å². The van der Waals surface area contributed by atoms with Gasteiger partial charge in [0.1, 0.15) is 0 Å². The third-order valence-electron chi connectivity index (χ3n) is 5.20. The molecule has 28 heavy (non-hydrogen) atoms. The van der Waals surface area contributed by atoms with Gasteiger partial charge < -0.3 is 9.88 Å². The second-order valence-corrected chi connectivity index (χ2v) is 8.68. The zero-order valence-corrected chi connectivity index (χ0v) is 17.1. The first-order chi connectivity index (χ1) is 13.6. The number of para-hydroxylation sites is 1. The van der Waals surface area contributed by atoms with Crippen LogP contribution in [0.4, 0.5) is 0 Å². The molecule has 1 amide bonds. The molecule has 6 heteroatoms. The number of aromatic nitrogens is 1. The van der Waals surface area contributed by atoms with Crippen molar-refractivity contribution in [1.82, 2.24) is 9.88 Å². The van der Waals surface area contributed by atoms with Crippen molar-refractivity contribution in [2.75, 3.05) is 18.8 Å². The minimum Gasteiger partial charge on any atom is -0.358 e. The van der Waals surface area contributed by atoms with E-state index in [0.717, 1.165) is 39.4 Å². The lowest BCUT2D eigenvalue weighted by atomic mass is 10.1. The smallest absolute Gasteiger partial charge is 0.295 e. The van der Waals surface area contributed by atoms with E-state index in [1.54, 1.807) is 16.7 Å². The number of nitrogens with zero attached hydrogens (tertiary/aromatic N) is 1. The predicted octanol–water partition coefficient (Wildman–Crippen LogP) is 5.02. The van der Waals surface area contributed by atoms with Crippen LogP contribution in [-0.4, -0.2) is 40.4 Å². The Balaban J connectivity index is 1.53. The number of fused-ring (bicyclic) bond motifs is 1. The second kappa shape index (κ2) is 8.02. The Morgan fingerprint density at radius 1 is 1.11 bits per heavy atom. The van der Waals surface area contributed by atoms with Crippen LogP contribution in [0, 0.1) is 6.92 Å². The van der Waals surface area contributed by atoms with Gasteiger partial charge in [0.15, 0.2) is 0 Å². The number of ketones is 1. The molecule has 0 saturated carbocycles. The van der Waals surface area contributed by atoms with E-state index in [-0.39, 0.29) is 5.25 Å². The van der Waals surface area contributed by atoms with Crippen LogP contribution in [-0.2, 0) is 4.79 Å². The number of H-pyrrole nitrogens is 1. The molecule has 1 aliphatic rings. The molecule has 2 aromatic carbocycles. The van der Waals surface area contributed by atoms with Gasteiger partial charge in [0.2, 0.25) is 0 Å². The monoisotopic (exact) mass is 412 g/mol. The highest BCUT2D eigenvalue weighted by Crippen LogP contribution is 2.38. The van der Waals surface area contributed by atoms with Gasteiger partial charge in [-0.2, -0.15) is 11.8 Å². The number of amides is 1. The molecule has 1 unspecified atom stereocenters. The molecule has 1 aromatic heterocycles. The van der Waals surface area contributed by atoms with Crippen LogP contribution in [0.15, 0.2) is 48.5 Å². The van der Waals surface area contributed by atoms with Crippen LogP contribution in [0.3, 0.4) is 0 Å². The van der Waals surface area contributed by atoms with Crippen molar-refractivity contribution >= 4 is 46.0 Å². The molecule has 144 valence electrons. The van der Waals surface area contributed by atoms with E-state index in [9.17, 15) is 9.59 Å². The highest BCUT2D eigenvalue weighted by atomic mass is 35.5. The maximum absolute atomic E-state index is 13.0. The van der Waals surface area contributed by atoms with Gasteiger partial charge in [-0.3, -0.25) is 9.59 Å². The number of aryl methyl sites for hydroxylation is 1. The Morgan fingerprint density at radius 3 is 2.68 bits per heavy atom. The topological polar surface area (TPSA) is 53.2 Å². The highest BCUT2D eigenvalue weighted by molar-refractivity contribution is 7.99. The zero-order valence-electron chi connectivity index (χ0n) is 15.6. The Kier molecular flexibility index (Phi) is 5.47. The quantitative estimate of drug-likeness (QED) is 0.485. The summed E-state index contributed by atoms with van der Waals surface area (Å²) in [6.07, 6.45) is 0.778. The molecule has 1 N–H and O–H groups in total. The summed E-state index contributed by atoms with van der Waals surface area (Å²) >= 11 is 8.14. The lowest BCUT2D eigenvalue weighted by molar-refractivity contribution is -0.126. The van der Waals surface area contributed by atoms with Crippen molar-refractivity contribution in [3.8, 4) is 0 Å². The van der Waals surface area contributed by atoms with Crippen molar-refractivity contribution < 1.29 is 9.59 Å². The number of carbonyl (C=O) groups is 2.